The molecule has 0 heteroatoms. The third-order valence-electron chi connectivity index (χ3n) is 3.08. The van der Waals surface area contributed by atoms with Gasteiger partial charge in [-0.15, -0.1) is 0 Å². The van der Waals surface area contributed by atoms with E-state index in [2.05, 4.69) is 84.9 Å². The van der Waals surface area contributed by atoms with Crippen molar-refractivity contribution in [1.82, 2.24) is 0 Å². The van der Waals surface area contributed by atoms with E-state index in [1.165, 1.54) is 16.7 Å². The molecule has 0 aromatic heterocycles. The summed E-state index contributed by atoms with van der Waals surface area (Å²) in [4.78, 5) is 0. The molecule has 154 valence electrons. The first kappa shape index (κ1) is 29.9. The third kappa shape index (κ3) is 24.2. The molecule has 0 aliphatic carbocycles. The predicted octanol–water partition coefficient (Wildman–Crippen LogP) is 9.38. The molecule has 2 aromatic carbocycles. The second-order valence-electron chi connectivity index (χ2n) is 7.06. The van der Waals surface area contributed by atoms with Gasteiger partial charge in [-0.1, -0.05) is 121 Å². The average Bonchev–Trinajstić information content (AvgIpc) is 2.64. The lowest BCUT2D eigenvalue weighted by molar-refractivity contribution is 0.737. The average molecular weight is 371 g/mol. The zero-order valence-electron chi connectivity index (χ0n) is 20.0. The summed E-state index contributed by atoms with van der Waals surface area (Å²) in [6.45, 7) is 23.2. The maximum Gasteiger partial charge on any atom is -0.0216 e. The molecule has 0 spiro atoms. The van der Waals surface area contributed by atoms with Gasteiger partial charge in [0.1, 0.15) is 0 Å². The number of rotatable bonds is 1. The molecular formula is C27H46. The van der Waals surface area contributed by atoms with Gasteiger partial charge in [0, 0.05) is 0 Å². The first-order chi connectivity index (χ1) is 12.8. The fourth-order valence-corrected chi connectivity index (χ4v) is 1.77. The van der Waals surface area contributed by atoms with Crippen molar-refractivity contribution in [3.63, 3.8) is 0 Å². The topological polar surface area (TPSA) is 0 Å². The molecule has 0 saturated heterocycles. The van der Waals surface area contributed by atoms with E-state index in [1.54, 1.807) is 0 Å². The molecular weight excluding hydrogens is 324 g/mol. The Morgan fingerprint density at radius 2 is 1.00 bits per heavy atom. The van der Waals surface area contributed by atoms with Gasteiger partial charge in [-0.3, -0.25) is 0 Å². The van der Waals surface area contributed by atoms with Crippen LogP contribution in [0.1, 0.15) is 84.9 Å². The van der Waals surface area contributed by atoms with E-state index in [0.29, 0.717) is 5.92 Å². The van der Waals surface area contributed by atoms with Crippen molar-refractivity contribution in [1.29, 1.82) is 0 Å². The van der Waals surface area contributed by atoms with E-state index in [-0.39, 0.29) is 0 Å². The molecule has 0 aliphatic rings. The van der Waals surface area contributed by atoms with Crippen molar-refractivity contribution < 1.29 is 0 Å². The van der Waals surface area contributed by atoms with Crippen molar-refractivity contribution >= 4 is 0 Å². The molecule has 0 heterocycles. The van der Waals surface area contributed by atoms with Crippen LogP contribution in [0.3, 0.4) is 0 Å². The standard InChI is InChI=1S/C10H14.C7H8.C4H10.C4H8.C2H6/c1-8(2)10-7-5-4-6-9(10)3;1-7-5-3-2-4-6-7;1-4(2)3;1-3-4-2;1-2/h4-8H,1-3H3;2-6H,1H3;4H,1-3H3;3-4H,1-2H3;1-2H3/b;;;4-3-;. The first-order valence-electron chi connectivity index (χ1n) is 10.4. The molecule has 2 rings (SSSR count). The quantitative estimate of drug-likeness (QED) is 0.438. The van der Waals surface area contributed by atoms with Gasteiger partial charge in [0.05, 0.1) is 0 Å². The highest BCUT2D eigenvalue weighted by molar-refractivity contribution is 5.27. The van der Waals surface area contributed by atoms with Crippen molar-refractivity contribution in [3.05, 3.63) is 83.4 Å². The fraction of sp³-hybridized carbons (Fsp3) is 0.481. The highest BCUT2D eigenvalue weighted by atomic mass is 14.0. The molecule has 0 bridgehead atoms. The number of hydrogen-bond acceptors (Lipinski definition) is 0. The van der Waals surface area contributed by atoms with Crippen molar-refractivity contribution in [2.75, 3.05) is 0 Å². The van der Waals surface area contributed by atoms with Crippen LogP contribution < -0.4 is 0 Å². The smallest absolute Gasteiger partial charge is 0.0216 e. The van der Waals surface area contributed by atoms with Crippen LogP contribution in [0.15, 0.2) is 66.7 Å². The molecule has 27 heavy (non-hydrogen) atoms. The third-order valence-corrected chi connectivity index (χ3v) is 3.08. The van der Waals surface area contributed by atoms with Crippen LogP contribution >= 0.6 is 0 Å². The van der Waals surface area contributed by atoms with Gasteiger partial charge in [-0.05, 0) is 50.7 Å². The van der Waals surface area contributed by atoms with Gasteiger partial charge in [-0.25, -0.2) is 0 Å². The molecule has 0 fully saturated rings. The minimum atomic E-state index is 0.654. The normalized spacial score (nSPS) is 9.07. The van der Waals surface area contributed by atoms with Gasteiger partial charge in [-0.2, -0.15) is 0 Å². The largest absolute Gasteiger partial charge is 0.0919 e. The Labute approximate surface area is 171 Å². The summed E-state index contributed by atoms with van der Waals surface area (Å²) in [5.74, 6) is 1.49. The molecule has 0 unspecified atom stereocenters. The van der Waals surface area contributed by atoms with Crippen LogP contribution in [0.5, 0.6) is 0 Å². The van der Waals surface area contributed by atoms with Gasteiger partial charge < -0.3 is 0 Å². The maximum absolute atomic E-state index is 2.22. The summed E-state index contributed by atoms with van der Waals surface area (Å²) in [5.41, 5.74) is 4.18. The Morgan fingerprint density at radius 1 is 0.630 bits per heavy atom. The van der Waals surface area contributed by atoms with Crippen LogP contribution in [0.4, 0.5) is 0 Å². The van der Waals surface area contributed by atoms with Crippen molar-refractivity contribution in [3.8, 4) is 0 Å². The zero-order chi connectivity index (χ0) is 21.7. The van der Waals surface area contributed by atoms with E-state index in [1.807, 2.05) is 58.0 Å². The summed E-state index contributed by atoms with van der Waals surface area (Å²) in [6, 6.07) is 18.8. The van der Waals surface area contributed by atoms with Gasteiger partial charge in [0.15, 0.2) is 0 Å². The summed E-state index contributed by atoms with van der Waals surface area (Å²) in [7, 11) is 0. The number of allylic oxidation sites excluding steroid dienone is 2. The number of benzene rings is 2. The number of aryl methyl sites for hydroxylation is 2. The summed E-state index contributed by atoms with van der Waals surface area (Å²) in [6.07, 6.45) is 4.00. The van der Waals surface area contributed by atoms with Crippen LogP contribution in [-0.2, 0) is 0 Å². The van der Waals surface area contributed by atoms with E-state index < -0.39 is 0 Å². The van der Waals surface area contributed by atoms with Gasteiger partial charge in [0.2, 0.25) is 0 Å². The Hall–Kier alpha value is -1.82. The van der Waals surface area contributed by atoms with E-state index in [4.69, 9.17) is 0 Å². The minimum Gasteiger partial charge on any atom is -0.0919 e. The Balaban J connectivity index is -0.000000297. The number of hydrogen-bond donors (Lipinski definition) is 0. The second kappa shape index (κ2) is 22.2. The Kier molecular flexibility index (Phi) is 24.6. The molecule has 0 nitrogen and oxygen atoms in total. The summed E-state index contributed by atoms with van der Waals surface area (Å²) >= 11 is 0. The molecule has 0 radical (unpaired) electrons. The van der Waals surface area contributed by atoms with E-state index in [9.17, 15) is 0 Å². The van der Waals surface area contributed by atoms with Crippen molar-refractivity contribution in [2.24, 2.45) is 5.92 Å². The SMILES string of the molecule is C/C=C\C.CC.CC(C)C.Cc1ccccc1.Cc1ccccc1C(C)C. The van der Waals surface area contributed by atoms with Gasteiger partial charge >= 0.3 is 0 Å². The van der Waals surface area contributed by atoms with Crippen LogP contribution in [0.25, 0.3) is 0 Å². The lowest BCUT2D eigenvalue weighted by Gasteiger charge is -2.07. The molecule has 0 amide bonds. The lowest BCUT2D eigenvalue weighted by atomic mass is 9.99. The summed E-state index contributed by atoms with van der Waals surface area (Å²) in [5, 5.41) is 0. The molecule has 0 aliphatic heterocycles. The van der Waals surface area contributed by atoms with Crippen LogP contribution in [0, 0.1) is 19.8 Å². The van der Waals surface area contributed by atoms with Crippen molar-refractivity contribution in [2.45, 2.75) is 82.1 Å². The maximum atomic E-state index is 2.22. The predicted molar refractivity (Wildman–Crippen MR) is 129 cm³/mol. The minimum absolute atomic E-state index is 0.654. The fourth-order valence-electron chi connectivity index (χ4n) is 1.77. The second-order valence-corrected chi connectivity index (χ2v) is 7.06. The molecule has 2 aromatic rings. The van der Waals surface area contributed by atoms with E-state index in [0.717, 1.165) is 5.92 Å². The summed E-state index contributed by atoms with van der Waals surface area (Å²) < 4.78 is 0. The Bertz CT molecular complexity index is 526. The Morgan fingerprint density at radius 3 is 1.22 bits per heavy atom. The highest BCUT2D eigenvalue weighted by Crippen LogP contribution is 2.17. The van der Waals surface area contributed by atoms with Gasteiger partial charge in [0.25, 0.3) is 0 Å². The van der Waals surface area contributed by atoms with Crippen LogP contribution in [0.2, 0.25) is 0 Å². The lowest BCUT2D eigenvalue weighted by Crippen LogP contribution is -1.89. The molecule has 0 saturated carbocycles. The monoisotopic (exact) mass is 370 g/mol. The zero-order valence-corrected chi connectivity index (χ0v) is 20.0. The highest BCUT2D eigenvalue weighted by Gasteiger charge is 1.99. The first-order valence-corrected chi connectivity index (χ1v) is 10.4. The van der Waals surface area contributed by atoms with E-state index >= 15 is 0 Å². The molecule has 0 N–H and O–H groups in total. The molecule has 0 atom stereocenters. The van der Waals surface area contributed by atoms with Crippen LogP contribution in [-0.4, -0.2) is 0 Å².